The van der Waals surface area contributed by atoms with E-state index in [0.29, 0.717) is 4.90 Å². The molecule has 1 aromatic rings. The Kier molecular flexibility index (Phi) is 5.14. The molecule has 1 rings (SSSR count). The largest absolute Gasteiger partial charge is 0.377 e. The van der Waals surface area contributed by atoms with Gasteiger partial charge in [-0.15, -0.1) is 0 Å². The Morgan fingerprint density at radius 1 is 1.53 bits per heavy atom. The van der Waals surface area contributed by atoms with Crippen molar-refractivity contribution in [1.29, 1.82) is 0 Å². The topological polar surface area (TPSA) is 43.4 Å². The summed E-state index contributed by atoms with van der Waals surface area (Å²) in [5.74, 6) is -0.152. The molecule has 1 aromatic carbocycles. The highest BCUT2D eigenvalue weighted by Crippen LogP contribution is 2.14. The molecule has 0 saturated heterocycles. The number of Topliss-reactive ketones (excluding diaryl/α,β-unsaturated/α-hetero) is 1. The third-order valence-corrected chi connectivity index (χ3v) is 3.51. The van der Waals surface area contributed by atoms with E-state index in [4.69, 9.17) is 0 Å². The SMILES string of the molecule is COCC(=O)CS(=O)c1cccc(Br)c1. The number of carbonyl (C=O) groups is 1. The minimum atomic E-state index is -1.28. The van der Waals surface area contributed by atoms with Crippen LogP contribution in [0.25, 0.3) is 0 Å². The first-order chi connectivity index (χ1) is 7.13. The van der Waals surface area contributed by atoms with Gasteiger partial charge in [0, 0.05) is 16.5 Å². The van der Waals surface area contributed by atoms with Gasteiger partial charge in [-0.05, 0) is 18.2 Å². The Labute approximate surface area is 99.4 Å². The number of rotatable bonds is 5. The maximum Gasteiger partial charge on any atom is 0.171 e. The molecule has 0 heterocycles. The third kappa shape index (κ3) is 4.24. The Morgan fingerprint density at radius 2 is 2.27 bits per heavy atom. The molecule has 0 aliphatic heterocycles. The molecule has 0 aliphatic rings. The number of methoxy groups -OCH3 is 1. The number of hydrogen-bond donors (Lipinski definition) is 0. The van der Waals surface area contributed by atoms with Crippen LogP contribution in [0, 0.1) is 0 Å². The number of benzene rings is 1. The highest BCUT2D eigenvalue weighted by atomic mass is 79.9. The van der Waals surface area contributed by atoms with Gasteiger partial charge in [-0.1, -0.05) is 22.0 Å². The quantitative estimate of drug-likeness (QED) is 0.830. The first-order valence-corrected chi connectivity index (χ1v) is 6.39. The van der Waals surface area contributed by atoms with E-state index in [1.54, 1.807) is 18.2 Å². The van der Waals surface area contributed by atoms with Crippen LogP contribution in [0.5, 0.6) is 0 Å². The van der Waals surface area contributed by atoms with Crippen LogP contribution in [-0.2, 0) is 20.3 Å². The standard InChI is InChI=1S/C10H11BrO3S/c1-14-6-9(12)7-15(13)10-4-2-3-8(11)5-10/h2-5H,6-7H2,1H3. The second-order valence-electron chi connectivity index (χ2n) is 2.92. The molecule has 0 spiro atoms. The lowest BCUT2D eigenvalue weighted by atomic mass is 10.4. The van der Waals surface area contributed by atoms with Crippen molar-refractivity contribution < 1.29 is 13.7 Å². The molecule has 15 heavy (non-hydrogen) atoms. The highest BCUT2D eigenvalue weighted by Gasteiger charge is 2.09. The summed E-state index contributed by atoms with van der Waals surface area (Å²) in [7, 11) is 0.160. The Bertz CT molecular complexity index is 379. The fourth-order valence-electron chi connectivity index (χ4n) is 1.04. The minimum absolute atomic E-state index is 0.00426. The molecule has 0 bridgehead atoms. The predicted octanol–water partition coefficient (Wildman–Crippen LogP) is 1.77. The molecule has 1 atom stereocenters. The summed E-state index contributed by atoms with van der Waals surface area (Å²) in [6, 6.07) is 7.12. The molecule has 0 fully saturated rings. The summed E-state index contributed by atoms with van der Waals surface area (Å²) in [6.07, 6.45) is 0. The van der Waals surface area contributed by atoms with E-state index in [2.05, 4.69) is 20.7 Å². The number of ketones is 1. The Morgan fingerprint density at radius 3 is 2.87 bits per heavy atom. The molecule has 0 amide bonds. The summed E-state index contributed by atoms with van der Waals surface area (Å²) in [4.78, 5) is 11.8. The first-order valence-electron chi connectivity index (χ1n) is 4.28. The van der Waals surface area contributed by atoms with Crippen molar-refractivity contribution in [3.8, 4) is 0 Å². The Hall–Kier alpha value is -0.520. The zero-order chi connectivity index (χ0) is 11.3. The smallest absolute Gasteiger partial charge is 0.171 e. The van der Waals surface area contributed by atoms with Crippen molar-refractivity contribution in [3.05, 3.63) is 28.7 Å². The van der Waals surface area contributed by atoms with Gasteiger partial charge < -0.3 is 4.74 Å². The molecule has 5 heteroatoms. The van der Waals surface area contributed by atoms with Gasteiger partial charge in [-0.25, -0.2) is 0 Å². The van der Waals surface area contributed by atoms with E-state index in [9.17, 15) is 9.00 Å². The monoisotopic (exact) mass is 290 g/mol. The summed E-state index contributed by atoms with van der Waals surface area (Å²) >= 11 is 3.28. The maximum absolute atomic E-state index is 11.7. The van der Waals surface area contributed by atoms with E-state index in [0.717, 1.165) is 4.47 Å². The van der Waals surface area contributed by atoms with Crippen molar-refractivity contribution in [3.63, 3.8) is 0 Å². The second kappa shape index (κ2) is 6.15. The molecule has 0 aliphatic carbocycles. The van der Waals surface area contributed by atoms with Crippen LogP contribution in [0.2, 0.25) is 0 Å². The van der Waals surface area contributed by atoms with Crippen LogP contribution in [0.3, 0.4) is 0 Å². The zero-order valence-electron chi connectivity index (χ0n) is 8.23. The lowest BCUT2D eigenvalue weighted by molar-refractivity contribution is -0.120. The van der Waals surface area contributed by atoms with Gasteiger partial charge >= 0.3 is 0 Å². The number of ether oxygens (including phenoxy) is 1. The fourth-order valence-corrected chi connectivity index (χ4v) is 2.62. The van der Waals surface area contributed by atoms with Crippen molar-refractivity contribution in [2.75, 3.05) is 19.5 Å². The Balaban J connectivity index is 2.65. The van der Waals surface area contributed by atoms with Gasteiger partial charge in [0.2, 0.25) is 0 Å². The average molecular weight is 291 g/mol. The van der Waals surface area contributed by atoms with E-state index in [1.807, 2.05) is 6.07 Å². The molecular weight excluding hydrogens is 280 g/mol. The van der Waals surface area contributed by atoms with Crippen molar-refractivity contribution in [2.45, 2.75) is 4.90 Å². The average Bonchev–Trinajstić information content (AvgIpc) is 2.18. The summed E-state index contributed by atoms with van der Waals surface area (Å²) in [6.45, 7) is 0.0136. The minimum Gasteiger partial charge on any atom is -0.377 e. The summed E-state index contributed by atoms with van der Waals surface area (Å²) in [5, 5.41) is 0. The van der Waals surface area contributed by atoms with E-state index >= 15 is 0 Å². The normalized spacial score (nSPS) is 12.4. The molecule has 1 unspecified atom stereocenters. The van der Waals surface area contributed by atoms with Crippen molar-refractivity contribution >= 4 is 32.5 Å². The van der Waals surface area contributed by atoms with Crippen LogP contribution >= 0.6 is 15.9 Å². The fraction of sp³-hybridized carbons (Fsp3) is 0.300. The highest BCUT2D eigenvalue weighted by molar-refractivity contribution is 9.10. The molecule has 0 saturated carbocycles. The molecule has 82 valence electrons. The van der Waals surface area contributed by atoms with Crippen LogP contribution in [-0.4, -0.2) is 29.5 Å². The molecule has 0 aromatic heterocycles. The molecule has 0 radical (unpaired) electrons. The molecule has 3 nitrogen and oxygen atoms in total. The molecular formula is C10H11BrO3S. The van der Waals surface area contributed by atoms with Crippen LogP contribution < -0.4 is 0 Å². The van der Waals surface area contributed by atoms with Gasteiger partial charge in [-0.3, -0.25) is 9.00 Å². The molecule has 0 N–H and O–H groups in total. The second-order valence-corrected chi connectivity index (χ2v) is 5.29. The van der Waals surface area contributed by atoms with Crippen molar-refractivity contribution in [2.24, 2.45) is 0 Å². The van der Waals surface area contributed by atoms with Gasteiger partial charge in [0.25, 0.3) is 0 Å². The number of carbonyl (C=O) groups excluding carboxylic acids is 1. The van der Waals surface area contributed by atoms with E-state index in [-0.39, 0.29) is 18.1 Å². The number of hydrogen-bond acceptors (Lipinski definition) is 3. The van der Waals surface area contributed by atoms with Gasteiger partial charge in [0.1, 0.15) is 6.61 Å². The number of halogens is 1. The van der Waals surface area contributed by atoms with Gasteiger partial charge in [0.15, 0.2) is 5.78 Å². The van der Waals surface area contributed by atoms with Crippen LogP contribution in [0.15, 0.2) is 33.6 Å². The van der Waals surface area contributed by atoms with Crippen molar-refractivity contribution in [1.82, 2.24) is 0 Å². The lowest BCUT2D eigenvalue weighted by Crippen LogP contribution is -2.15. The van der Waals surface area contributed by atoms with E-state index < -0.39 is 10.8 Å². The van der Waals surface area contributed by atoms with Crippen LogP contribution in [0.4, 0.5) is 0 Å². The zero-order valence-corrected chi connectivity index (χ0v) is 10.6. The van der Waals surface area contributed by atoms with Crippen LogP contribution in [0.1, 0.15) is 0 Å². The maximum atomic E-state index is 11.7. The van der Waals surface area contributed by atoms with Gasteiger partial charge in [0.05, 0.1) is 16.6 Å². The first kappa shape index (κ1) is 12.5. The predicted molar refractivity (Wildman–Crippen MR) is 62.3 cm³/mol. The lowest BCUT2D eigenvalue weighted by Gasteiger charge is -2.01. The summed E-state index contributed by atoms with van der Waals surface area (Å²) < 4.78 is 17.2. The summed E-state index contributed by atoms with van der Waals surface area (Å²) in [5.41, 5.74) is 0. The van der Waals surface area contributed by atoms with Gasteiger partial charge in [-0.2, -0.15) is 0 Å². The van der Waals surface area contributed by atoms with E-state index in [1.165, 1.54) is 7.11 Å². The third-order valence-electron chi connectivity index (χ3n) is 1.66.